The zero-order valence-corrected chi connectivity index (χ0v) is 23.0. The van der Waals surface area contributed by atoms with Gasteiger partial charge in [-0.3, -0.25) is 4.99 Å². The van der Waals surface area contributed by atoms with E-state index in [4.69, 9.17) is 14.2 Å². The lowest BCUT2D eigenvalue weighted by Crippen LogP contribution is -2.51. The van der Waals surface area contributed by atoms with Gasteiger partial charge in [0, 0.05) is 39.3 Å². The molecule has 2 aliphatic heterocycles. The van der Waals surface area contributed by atoms with Crippen molar-refractivity contribution in [2.45, 2.75) is 96.5 Å². The Hall–Kier alpha value is -0.810. The third kappa shape index (κ3) is 11.4. The summed E-state index contributed by atoms with van der Waals surface area (Å²) in [6.07, 6.45) is 7.56. The van der Waals surface area contributed by atoms with E-state index >= 15 is 0 Å². The molecule has 2 heterocycles. The quantitative estimate of drug-likeness (QED) is 0.263. The lowest BCUT2D eigenvalue weighted by atomic mass is 10.1. The van der Waals surface area contributed by atoms with E-state index in [2.05, 4.69) is 27.4 Å². The highest BCUT2D eigenvalue weighted by molar-refractivity contribution is 14.0. The number of hydrogen-bond acceptors (Lipinski definition) is 5. The van der Waals surface area contributed by atoms with Crippen molar-refractivity contribution in [3.8, 4) is 0 Å². The smallest absolute Gasteiger partial charge is 0.407 e. The van der Waals surface area contributed by atoms with Crippen LogP contribution in [0.3, 0.4) is 0 Å². The van der Waals surface area contributed by atoms with E-state index in [1.165, 1.54) is 12.8 Å². The first-order valence-corrected chi connectivity index (χ1v) is 12.0. The zero-order chi connectivity index (χ0) is 22.7. The Morgan fingerprint density at radius 1 is 1.22 bits per heavy atom. The largest absolute Gasteiger partial charge is 0.444 e. The second-order valence-electron chi connectivity index (χ2n) is 9.57. The van der Waals surface area contributed by atoms with Crippen molar-refractivity contribution in [1.29, 1.82) is 0 Å². The Kier molecular flexibility index (Phi) is 13.8. The van der Waals surface area contributed by atoms with Crippen LogP contribution in [-0.2, 0) is 14.2 Å². The van der Waals surface area contributed by atoms with Crippen LogP contribution >= 0.6 is 24.0 Å². The predicted octanol–water partition coefficient (Wildman–Crippen LogP) is 3.92. The van der Waals surface area contributed by atoms with E-state index in [0.29, 0.717) is 19.3 Å². The van der Waals surface area contributed by atoms with Crippen LogP contribution in [0.2, 0.25) is 0 Å². The van der Waals surface area contributed by atoms with Crippen molar-refractivity contribution in [1.82, 2.24) is 15.5 Å². The minimum atomic E-state index is -0.500. The van der Waals surface area contributed by atoms with Crippen LogP contribution in [0.5, 0.6) is 0 Å². The predicted molar refractivity (Wildman–Crippen MR) is 139 cm³/mol. The van der Waals surface area contributed by atoms with Gasteiger partial charge >= 0.3 is 6.09 Å². The molecule has 0 aromatic heterocycles. The van der Waals surface area contributed by atoms with Gasteiger partial charge < -0.3 is 29.7 Å². The first-order chi connectivity index (χ1) is 14.8. The number of nitrogens with one attached hydrogen (secondary N) is 2. The topological polar surface area (TPSA) is 84.4 Å². The number of guanidine groups is 1. The van der Waals surface area contributed by atoms with Gasteiger partial charge in [-0.2, -0.15) is 0 Å². The maximum absolute atomic E-state index is 12.1. The van der Waals surface area contributed by atoms with Crippen LogP contribution in [0, 0.1) is 0 Å². The van der Waals surface area contributed by atoms with E-state index in [-0.39, 0.29) is 42.2 Å². The monoisotopic (exact) mass is 568 g/mol. The number of amides is 1. The average molecular weight is 569 g/mol. The van der Waals surface area contributed by atoms with Gasteiger partial charge in [-0.1, -0.05) is 13.3 Å². The summed E-state index contributed by atoms with van der Waals surface area (Å²) in [5.74, 6) is 0.876. The molecule has 2 unspecified atom stereocenters. The van der Waals surface area contributed by atoms with Crippen molar-refractivity contribution in [3.05, 3.63) is 0 Å². The van der Waals surface area contributed by atoms with E-state index in [9.17, 15) is 4.79 Å². The summed E-state index contributed by atoms with van der Waals surface area (Å²) in [7, 11) is 1.81. The molecule has 0 aliphatic carbocycles. The minimum absolute atomic E-state index is 0. The molecule has 0 aromatic rings. The standard InChI is InChI=1S/C23H44N4O4.HI/c1-6-9-18(26-22(28)31-23(2,3)4)16-25-21(24-5)27-13-11-19(12-14-27)30-17-20-10-7-8-15-29-20;/h18-20H,6-17H2,1-5H3,(H,24,25)(H,26,28);1H. The van der Waals surface area contributed by atoms with Crippen molar-refractivity contribution in [2.24, 2.45) is 4.99 Å². The van der Waals surface area contributed by atoms with Gasteiger partial charge in [0.05, 0.1) is 18.8 Å². The fourth-order valence-electron chi connectivity index (χ4n) is 4.01. The molecule has 2 aliphatic rings. The van der Waals surface area contributed by atoms with Gasteiger partial charge in [0.25, 0.3) is 0 Å². The number of carbonyl (C=O) groups is 1. The molecule has 0 bridgehead atoms. The molecule has 0 radical (unpaired) electrons. The number of ether oxygens (including phenoxy) is 3. The highest BCUT2D eigenvalue weighted by Crippen LogP contribution is 2.18. The molecule has 32 heavy (non-hydrogen) atoms. The summed E-state index contributed by atoms with van der Waals surface area (Å²) in [4.78, 5) is 18.9. The Labute approximate surface area is 211 Å². The first-order valence-electron chi connectivity index (χ1n) is 12.0. The van der Waals surface area contributed by atoms with Crippen LogP contribution in [0.1, 0.15) is 72.6 Å². The van der Waals surface area contributed by atoms with E-state index < -0.39 is 5.60 Å². The Balaban J connectivity index is 0.00000512. The molecule has 0 saturated carbocycles. The molecule has 2 atom stereocenters. The van der Waals surface area contributed by atoms with Crippen LogP contribution < -0.4 is 10.6 Å². The minimum Gasteiger partial charge on any atom is -0.444 e. The van der Waals surface area contributed by atoms with Gasteiger partial charge in [-0.25, -0.2) is 4.79 Å². The highest BCUT2D eigenvalue weighted by atomic mass is 127. The zero-order valence-electron chi connectivity index (χ0n) is 20.7. The number of alkyl carbamates (subject to hydrolysis) is 1. The van der Waals surface area contributed by atoms with Crippen LogP contribution in [0.15, 0.2) is 4.99 Å². The number of piperidine rings is 1. The lowest BCUT2D eigenvalue weighted by Gasteiger charge is -2.35. The maximum Gasteiger partial charge on any atom is 0.407 e. The second kappa shape index (κ2) is 15.2. The normalized spacial score (nSPS) is 21.5. The number of rotatable bonds is 8. The van der Waals surface area contributed by atoms with Crippen LogP contribution in [-0.4, -0.2) is 80.7 Å². The molecule has 2 fully saturated rings. The fourth-order valence-corrected chi connectivity index (χ4v) is 4.01. The van der Waals surface area contributed by atoms with Crippen LogP contribution in [0.4, 0.5) is 4.79 Å². The summed E-state index contributed by atoms with van der Waals surface area (Å²) in [6, 6.07) is -0.00651. The number of aliphatic imine (C=N–C) groups is 1. The molecule has 0 spiro atoms. The van der Waals surface area contributed by atoms with E-state index in [1.807, 2.05) is 27.8 Å². The molecule has 2 saturated heterocycles. The summed E-state index contributed by atoms with van der Waals surface area (Å²) >= 11 is 0. The molecule has 0 aromatic carbocycles. The number of likely N-dealkylation sites (tertiary alicyclic amines) is 1. The Bertz CT molecular complexity index is 557. The van der Waals surface area contributed by atoms with Gasteiger partial charge in [-0.05, 0) is 59.3 Å². The first kappa shape index (κ1) is 29.2. The molecular formula is C23H45IN4O4. The number of nitrogens with zero attached hydrogens (tertiary/aromatic N) is 2. The van der Waals surface area contributed by atoms with Crippen molar-refractivity contribution in [2.75, 3.05) is 39.9 Å². The molecule has 2 rings (SSSR count). The maximum atomic E-state index is 12.1. The third-order valence-electron chi connectivity index (χ3n) is 5.61. The number of halogens is 1. The van der Waals surface area contributed by atoms with Gasteiger partial charge in [-0.15, -0.1) is 24.0 Å². The second-order valence-corrected chi connectivity index (χ2v) is 9.57. The third-order valence-corrected chi connectivity index (χ3v) is 5.61. The molecule has 9 heteroatoms. The van der Waals surface area contributed by atoms with Gasteiger partial charge in [0.15, 0.2) is 5.96 Å². The molecule has 188 valence electrons. The molecule has 1 amide bonds. The summed E-state index contributed by atoms with van der Waals surface area (Å²) < 4.78 is 17.3. The number of carbonyl (C=O) groups excluding carboxylic acids is 1. The van der Waals surface area contributed by atoms with Crippen molar-refractivity contribution < 1.29 is 19.0 Å². The summed E-state index contributed by atoms with van der Waals surface area (Å²) in [5, 5.41) is 6.42. The lowest BCUT2D eigenvalue weighted by molar-refractivity contribution is -0.0721. The molecular weight excluding hydrogens is 523 g/mol. The SMILES string of the molecule is CCCC(CNC(=NC)N1CCC(OCC2CCCCO2)CC1)NC(=O)OC(C)(C)C.I. The summed E-state index contributed by atoms with van der Waals surface area (Å²) in [6.45, 7) is 11.8. The fraction of sp³-hybridized carbons (Fsp3) is 0.913. The van der Waals surface area contributed by atoms with E-state index in [0.717, 1.165) is 57.8 Å². The molecule has 2 N–H and O–H groups in total. The van der Waals surface area contributed by atoms with E-state index in [1.54, 1.807) is 0 Å². The van der Waals surface area contributed by atoms with Crippen LogP contribution in [0.25, 0.3) is 0 Å². The van der Waals surface area contributed by atoms with Gasteiger partial charge in [0.1, 0.15) is 5.60 Å². The van der Waals surface area contributed by atoms with Gasteiger partial charge in [0.2, 0.25) is 0 Å². The Morgan fingerprint density at radius 3 is 2.50 bits per heavy atom. The Morgan fingerprint density at radius 2 is 1.94 bits per heavy atom. The molecule has 8 nitrogen and oxygen atoms in total. The average Bonchev–Trinajstić information content (AvgIpc) is 2.73. The number of hydrogen-bond donors (Lipinski definition) is 2. The van der Waals surface area contributed by atoms with Crippen molar-refractivity contribution in [3.63, 3.8) is 0 Å². The summed E-state index contributed by atoms with van der Waals surface area (Å²) in [5.41, 5.74) is -0.500. The highest BCUT2D eigenvalue weighted by Gasteiger charge is 2.25. The van der Waals surface area contributed by atoms with Crippen molar-refractivity contribution >= 4 is 36.0 Å².